The molecule has 0 radical (unpaired) electrons. The fraction of sp³-hybridized carbons (Fsp3) is 0.200. The first-order valence-corrected chi connectivity index (χ1v) is 10.9. The minimum absolute atomic E-state index is 0.132. The van der Waals surface area contributed by atoms with Gasteiger partial charge in [0.25, 0.3) is 5.91 Å². The van der Waals surface area contributed by atoms with Gasteiger partial charge in [0.15, 0.2) is 11.5 Å². The topological polar surface area (TPSA) is 116 Å². The van der Waals surface area contributed by atoms with Crippen LogP contribution in [0.25, 0.3) is 28.3 Å². The fourth-order valence-corrected chi connectivity index (χ4v) is 4.33. The fourth-order valence-electron chi connectivity index (χ4n) is 4.33. The van der Waals surface area contributed by atoms with E-state index >= 15 is 4.39 Å². The summed E-state index contributed by atoms with van der Waals surface area (Å²) in [4.78, 5) is 35.5. The number of fused-ring (bicyclic) bond motifs is 3. The van der Waals surface area contributed by atoms with E-state index in [9.17, 15) is 14.5 Å². The number of benzene rings is 2. The van der Waals surface area contributed by atoms with Crippen molar-refractivity contribution in [2.24, 2.45) is 10.9 Å². The predicted molar refractivity (Wildman–Crippen MR) is 126 cm³/mol. The number of carbonyl (C=O) groups excluding carboxylic acids is 1. The molecular weight excluding hydrogens is 439 g/mol. The number of halogens is 1. The molecular formula is C25H21FN4O4. The zero-order valence-electron chi connectivity index (χ0n) is 18.1. The van der Waals surface area contributed by atoms with Gasteiger partial charge in [-0.1, -0.05) is 35.5 Å². The number of aromatic nitrogens is 1. The van der Waals surface area contributed by atoms with Gasteiger partial charge in [0, 0.05) is 24.4 Å². The minimum atomic E-state index is -0.861. The molecule has 9 heteroatoms. The van der Waals surface area contributed by atoms with Gasteiger partial charge >= 0.3 is 0 Å². The number of hydrogen-bond acceptors (Lipinski definition) is 6. The number of unbranched alkanes of at least 4 members (excludes halogenated alkanes) is 1. The monoisotopic (exact) mass is 460 g/mol. The lowest BCUT2D eigenvalue weighted by atomic mass is 10.1. The Balaban J connectivity index is 1.77. The third-order valence-electron chi connectivity index (χ3n) is 5.98. The van der Waals surface area contributed by atoms with E-state index in [-0.39, 0.29) is 35.2 Å². The highest BCUT2D eigenvalue weighted by Crippen LogP contribution is 2.34. The summed E-state index contributed by atoms with van der Waals surface area (Å²) in [5, 5.41) is 8.27. The molecule has 3 N–H and O–H groups in total. The van der Waals surface area contributed by atoms with Crippen LogP contribution < -0.4 is 31.8 Å². The lowest BCUT2D eigenvalue weighted by Crippen LogP contribution is -2.51. The summed E-state index contributed by atoms with van der Waals surface area (Å²) in [7, 11) is 0. The third-order valence-corrected chi connectivity index (χ3v) is 5.98. The molecule has 2 aromatic carbocycles. The van der Waals surface area contributed by atoms with Gasteiger partial charge in [-0.05, 0) is 35.7 Å². The molecule has 8 nitrogen and oxygen atoms in total. The van der Waals surface area contributed by atoms with E-state index in [0.29, 0.717) is 36.2 Å². The van der Waals surface area contributed by atoms with Crippen molar-refractivity contribution in [2.45, 2.75) is 19.3 Å². The van der Waals surface area contributed by atoms with Gasteiger partial charge in [-0.2, -0.15) is 4.91 Å². The Labute approximate surface area is 192 Å². The second-order valence-corrected chi connectivity index (χ2v) is 8.14. The van der Waals surface area contributed by atoms with Crippen molar-refractivity contribution in [3.8, 4) is 11.4 Å². The lowest BCUT2D eigenvalue weighted by Gasteiger charge is -2.25. The number of nitrogens with one attached hydrogen (secondary N) is 1. The van der Waals surface area contributed by atoms with Crippen molar-refractivity contribution in [1.29, 1.82) is 0 Å². The highest BCUT2D eigenvalue weighted by atomic mass is 19.1. The summed E-state index contributed by atoms with van der Waals surface area (Å²) in [6.07, 6.45) is 3.85. The van der Waals surface area contributed by atoms with Gasteiger partial charge in [0.05, 0.1) is 12.2 Å². The first-order chi connectivity index (χ1) is 16.5. The molecule has 3 aromatic rings. The second-order valence-electron chi connectivity index (χ2n) is 8.14. The zero-order valence-corrected chi connectivity index (χ0v) is 18.1. The number of nitroso groups, excluding NO2 is 1. The number of nitrogens with two attached hydrogens (primary N) is 1. The standard InChI is InChI=1S/C25H21FN4O4/c26-18-8-7-16-22-24(21(18)28-9-3-4-10-29-33)34-20-12-15-6-2-1-5-14(15)11-19(20)30(22)13-17(23(16)31)25(27)32/h1-2,5-7,11-13,28H,3-4,8-10H2,(H2,27,32). The Hall–Kier alpha value is -4.27. The van der Waals surface area contributed by atoms with Crippen LogP contribution in [0.2, 0.25) is 0 Å². The molecule has 5 rings (SSSR count). The molecule has 34 heavy (non-hydrogen) atoms. The van der Waals surface area contributed by atoms with E-state index in [4.69, 9.17) is 10.5 Å². The van der Waals surface area contributed by atoms with Crippen LogP contribution >= 0.6 is 0 Å². The number of allylic oxidation sites excluding steroid dienone is 1. The average molecular weight is 460 g/mol. The SMILES string of the molecule is NC(=O)c1cn2c3c(c1=O)=CCC(F)=C(NCCCCN=O)C=3Oc1cc3ccccc3cc1-2. The van der Waals surface area contributed by atoms with E-state index in [1.165, 1.54) is 12.3 Å². The summed E-state index contributed by atoms with van der Waals surface area (Å²) in [5.74, 6) is -0.758. The molecule has 2 aliphatic rings. The summed E-state index contributed by atoms with van der Waals surface area (Å²) in [6, 6.07) is 11.4. The number of ether oxygens (including phenoxy) is 1. The van der Waals surface area contributed by atoms with E-state index < -0.39 is 17.2 Å². The van der Waals surface area contributed by atoms with Crippen LogP contribution in [-0.2, 0) is 0 Å². The smallest absolute Gasteiger partial charge is 0.254 e. The lowest BCUT2D eigenvalue weighted by molar-refractivity contribution is 0.0998. The van der Waals surface area contributed by atoms with Crippen LogP contribution in [0, 0.1) is 4.91 Å². The Morgan fingerprint density at radius 3 is 2.71 bits per heavy atom. The van der Waals surface area contributed by atoms with Crippen LogP contribution in [0.15, 0.2) is 64.1 Å². The van der Waals surface area contributed by atoms with Gasteiger partial charge in [0.2, 0.25) is 5.43 Å². The first kappa shape index (κ1) is 21.6. The van der Waals surface area contributed by atoms with E-state index in [1.807, 2.05) is 36.4 Å². The summed E-state index contributed by atoms with van der Waals surface area (Å²) < 4.78 is 23.2. The molecule has 1 aromatic heterocycles. The maximum Gasteiger partial charge on any atom is 0.254 e. The normalized spacial score (nSPS) is 14.0. The van der Waals surface area contributed by atoms with E-state index in [1.54, 1.807) is 4.57 Å². The molecule has 0 bridgehead atoms. The van der Waals surface area contributed by atoms with Crippen LogP contribution in [0.5, 0.6) is 5.75 Å². The van der Waals surface area contributed by atoms with Gasteiger partial charge < -0.3 is 20.4 Å². The van der Waals surface area contributed by atoms with E-state index in [0.717, 1.165) is 10.8 Å². The molecule has 1 aliphatic carbocycles. The molecule has 0 spiro atoms. The van der Waals surface area contributed by atoms with Gasteiger partial charge in [0.1, 0.15) is 22.4 Å². The maximum atomic E-state index is 15.3. The van der Waals surface area contributed by atoms with Gasteiger partial charge in [-0.3, -0.25) is 9.59 Å². The quantitative estimate of drug-likeness (QED) is 0.414. The highest BCUT2D eigenvalue weighted by molar-refractivity contribution is 5.93. The predicted octanol–water partition coefficient (Wildman–Crippen LogP) is 2.09. The van der Waals surface area contributed by atoms with Gasteiger partial charge in [-0.15, -0.1) is 0 Å². The highest BCUT2D eigenvalue weighted by Gasteiger charge is 2.28. The number of rotatable bonds is 7. The number of carbonyl (C=O) groups is 1. The van der Waals surface area contributed by atoms with Crippen molar-refractivity contribution < 1.29 is 13.9 Å². The Kier molecular flexibility index (Phi) is 5.45. The maximum absolute atomic E-state index is 15.3. The molecule has 0 unspecified atom stereocenters. The second kappa shape index (κ2) is 8.58. The molecule has 172 valence electrons. The first-order valence-electron chi connectivity index (χ1n) is 10.9. The number of amides is 1. The van der Waals surface area contributed by atoms with Crippen molar-refractivity contribution in [3.05, 3.63) is 85.4 Å². The number of primary amides is 1. The molecule has 1 aliphatic heterocycles. The molecule has 0 saturated heterocycles. The van der Waals surface area contributed by atoms with Gasteiger partial charge in [-0.25, -0.2) is 4.39 Å². The van der Waals surface area contributed by atoms with Crippen molar-refractivity contribution in [3.63, 3.8) is 0 Å². The summed E-state index contributed by atoms with van der Waals surface area (Å²) in [6.45, 7) is 0.567. The third kappa shape index (κ3) is 3.55. The van der Waals surface area contributed by atoms with Crippen molar-refractivity contribution in [2.75, 3.05) is 13.1 Å². The average Bonchev–Trinajstić information content (AvgIpc) is 2.96. The van der Waals surface area contributed by atoms with Crippen LogP contribution in [0.1, 0.15) is 29.6 Å². The summed E-state index contributed by atoms with van der Waals surface area (Å²) >= 11 is 0. The number of pyridine rings is 1. The molecule has 0 atom stereocenters. The van der Waals surface area contributed by atoms with Crippen LogP contribution in [0.4, 0.5) is 4.39 Å². The number of hydrogen-bond donors (Lipinski definition) is 2. The van der Waals surface area contributed by atoms with E-state index in [2.05, 4.69) is 10.5 Å². The van der Waals surface area contributed by atoms with Crippen LogP contribution in [0.3, 0.4) is 0 Å². The minimum Gasteiger partial charge on any atom is -0.451 e. The van der Waals surface area contributed by atoms with Crippen molar-refractivity contribution in [1.82, 2.24) is 9.88 Å². The Bertz CT molecular complexity index is 1570. The largest absolute Gasteiger partial charge is 0.451 e. The Morgan fingerprint density at radius 2 is 1.97 bits per heavy atom. The zero-order chi connectivity index (χ0) is 23.8. The molecule has 2 heterocycles. The van der Waals surface area contributed by atoms with Crippen molar-refractivity contribution >= 4 is 28.5 Å². The van der Waals surface area contributed by atoms with Crippen LogP contribution in [-0.4, -0.2) is 23.6 Å². The molecule has 0 saturated carbocycles. The summed E-state index contributed by atoms with van der Waals surface area (Å²) in [5.41, 5.74) is 5.48. The number of nitrogens with zero attached hydrogens (tertiary/aromatic N) is 2. The molecule has 1 amide bonds. The Morgan fingerprint density at radius 1 is 1.21 bits per heavy atom. The molecule has 0 fully saturated rings.